The minimum absolute atomic E-state index is 0.000602. The van der Waals surface area contributed by atoms with Crippen LogP contribution in [0.3, 0.4) is 0 Å². The first-order chi connectivity index (χ1) is 7.06. The Balaban J connectivity index is 3.01. The van der Waals surface area contributed by atoms with Gasteiger partial charge in [-0.3, -0.25) is 0 Å². The van der Waals surface area contributed by atoms with E-state index >= 15 is 0 Å². The summed E-state index contributed by atoms with van der Waals surface area (Å²) in [6, 6.07) is 3.09. The summed E-state index contributed by atoms with van der Waals surface area (Å²) in [6.07, 6.45) is 0. The first kappa shape index (κ1) is 11.2. The van der Waals surface area contributed by atoms with Crippen LogP contribution in [0, 0.1) is 5.82 Å². The number of carbonyl (C=O) groups is 2. The van der Waals surface area contributed by atoms with Crippen molar-refractivity contribution in [2.75, 3.05) is 6.61 Å². The molecule has 4 nitrogen and oxygen atoms in total. The van der Waals surface area contributed by atoms with Gasteiger partial charge in [0.25, 0.3) is 0 Å². The number of rotatable bonds is 3. The number of esters is 1. The van der Waals surface area contributed by atoms with Gasteiger partial charge < -0.3 is 9.84 Å². The van der Waals surface area contributed by atoms with E-state index in [4.69, 9.17) is 5.11 Å². The maximum absolute atomic E-state index is 13.1. The lowest BCUT2D eigenvalue weighted by molar-refractivity contribution is 0.0524. The van der Waals surface area contributed by atoms with E-state index in [1.165, 1.54) is 6.07 Å². The zero-order valence-corrected chi connectivity index (χ0v) is 7.99. The van der Waals surface area contributed by atoms with Crippen molar-refractivity contribution in [1.82, 2.24) is 0 Å². The molecule has 0 saturated heterocycles. The maximum atomic E-state index is 13.1. The molecule has 80 valence electrons. The topological polar surface area (TPSA) is 63.6 Å². The van der Waals surface area contributed by atoms with Crippen LogP contribution in [-0.4, -0.2) is 23.7 Å². The van der Waals surface area contributed by atoms with Crippen LogP contribution in [0.4, 0.5) is 4.39 Å². The van der Waals surface area contributed by atoms with Gasteiger partial charge in [-0.05, 0) is 25.1 Å². The van der Waals surface area contributed by atoms with Crippen LogP contribution >= 0.6 is 0 Å². The van der Waals surface area contributed by atoms with Gasteiger partial charge >= 0.3 is 11.9 Å². The van der Waals surface area contributed by atoms with E-state index in [0.717, 1.165) is 12.1 Å². The third-order valence-electron chi connectivity index (χ3n) is 1.71. The summed E-state index contributed by atoms with van der Waals surface area (Å²) >= 11 is 0. The molecule has 0 spiro atoms. The van der Waals surface area contributed by atoms with Crippen LogP contribution in [0.25, 0.3) is 0 Å². The van der Waals surface area contributed by atoms with Gasteiger partial charge in [-0.25, -0.2) is 14.0 Å². The van der Waals surface area contributed by atoms with E-state index in [0.29, 0.717) is 0 Å². The summed E-state index contributed by atoms with van der Waals surface area (Å²) in [5, 5.41) is 8.54. The summed E-state index contributed by atoms with van der Waals surface area (Å²) in [5.41, 5.74) is -0.470. The Labute approximate surface area is 85.3 Å². The number of carboxylic acids is 1. The highest BCUT2D eigenvalue weighted by Gasteiger charge is 2.14. The molecular weight excluding hydrogens is 203 g/mol. The zero-order chi connectivity index (χ0) is 11.4. The lowest BCUT2D eigenvalue weighted by atomic mass is 10.1. The minimum Gasteiger partial charge on any atom is -0.478 e. The van der Waals surface area contributed by atoms with Gasteiger partial charge in [0.2, 0.25) is 0 Å². The molecule has 1 aromatic carbocycles. The molecule has 0 bridgehead atoms. The van der Waals surface area contributed by atoms with Crippen molar-refractivity contribution in [3.8, 4) is 0 Å². The van der Waals surface area contributed by atoms with Crippen molar-refractivity contribution in [2.24, 2.45) is 0 Å². The van der Waals surface area contributed by atoms with Gasteiger partial charge in [-0.15, -0.1) is 0 Å². The number of carbonyl (C=O) groups excluding carboxylic acids is 1. The minimum atomic E-state index is -1.37. The monoisotopic (exact) mass is 212 g/mol. The van der Waals surface area contributed by atoms with Crippen molar-refractivity contribution < 1.29 is 23.8 Å². The second-order valence-electron chi connectivity index (χ2n) is 2.72. The van der Waals surface area contributed by atoms with Crippen LogP contribution in [0.1, 0.15) is 27.6 Å². The molecule has 15 heavy (non-hydrogen) atoms. The summed E-state index contributed by atoms with van der Waals surface area (Å²) in [5.74, 6) is -3.00. The van der Waals surface area contributed by atoms with Gasteiger partial charge in [0.05, 0.1) is 17.7 Å². The van der Waals surface area contributed by atoms with Crippen LogP contribution in [0.5, 0.6) is 0 Å². The molecule has 0 radical (unpaired) electrons. The molecule has 1 aromatic rings. The molecule has 0 amide bonds. The standard InChI is InChI=1S/C10H9FO4/c1-2-15-10(14)6-3-4-7(9(12)13)8(11)5-6/h3-5H,2H2,1H3,(H,12,13). The van der Waals surface area contributed by atoms with Crippen molar-refractivity contribution >= 4 is 11.9 Å². The van der Waals surface area contributed by atoms with E-state index in [1.807, 2.05) is 0 Å². The number of benzene rings is 1. The molecule has 0 saturated carbocycles. The molecule has 0 fully saturated rings. The fourth-order valence-electron chi connectivity index (χ4n) is 1.03. The Morgan fingerprint density at radius 3 is 2.60 bits per heavy atom. The lowest BCUT2D eigenvalue weighted by Crippen LogP contribution is -2.07. The Hall–Kier alpha value is -1.91. The summed E-state index contributed by atoms with van der Waals surface area (Å²) in [6.45, 7) is 1.81. The zero-order valence-electron chi connectivity index (χ0n) is 7.99. The normalized spacial score (nSPS) is 9.73. The molecule has 0 aliphatic carbocycles. The van der Waals surface area contributed by atoms with Crippen LogP contribution in [0.2, 0.25) is 0 Å². The number of hydrogen-bond acceptors (Lipinski definition) is 3. The van der Waals surface area contributed by atoms with Crippen LogP contribution in [0.15, 0.2) is 18.2 Å². The Bertz CT molecular complexity index is 400. The number of hydrogen-bond donors (Lipinski definition) is 1. The third-order valence-corrected chi connectivity index (χ3v) is 1.71. The average molecular weight is 212 g/mol. The number of aromatic carboxylic acids is 1. The van der Waals surface area contributed by atoms with E-state index in [9.17, 15) is 14.0 Å². The third kappa shape index (κ3) is 2.52. The summed E-state index contributed by atoms with van der Waals surface area (Å²) in [7, 11) is 0. The first-order valence-corrected chi connectivity index (χ1v) is 4.26. The molecule has 1 N–H and O–H groups in total. The second kappa shape index (κ2) is 4.54. The Morgan fingerprint density at radius 2 is 2.13 bits per heavy atom. The largest absolute Gasteiger partial charge is 0.478 e. The van der Waals surface area contributed by atoms with E-state index < -0.39 is 23.3 Å². The molecule has 1 rings (SSSR count). The van der Waals surface area contributed by atoms with Gasteiger partial charge in [0.1, 0.15) is 5.82 Å². The number of halogens is 1. The molecule has 0 aromatic heterocycles. The molecular formula is C10H9FO4. The first-order valence-electron chi connectivity index (χ1n) is 4.26. The lowest BCUT2D eigenvalue weighted by Gasteiger charge is -2.02. The summed E-state index contributed by atoms with van der Waals surface area (Å²) in [4.78, 5) is 21.6. The quantitative estimate of drug-likeness (QED) is 0.774. The molecule has 0 unspecified atom stereocenters. The molecule has 5 heteroatoms. The fourth-order valence-corrected chi connectivity index (χ4v) is 1.03. The molecule has 0 aliphatic rings. The second-order valence-corrected chi connectivity index (χ2v) is 2.72. The van der Waals surface area contributed by atoms with Crippen molar-refractivity contribution in [3.05, 3.63) is 35.1 Å². The highest BCUT2D eigenvalue weighted by molar-refractivity contribution is 5.92. The SMILES string of the molecule is CCOC(=O)c1ccc(C(=O)O)c(F)c1. The highest BCUT2D eigenvalue weighted by Crippen LogP contribution is 2.11. The average Bonchev–Trinajstić information content (AvgIpc) is 2.17. The highest BCUT2D eigenvalue weighted by atomic mass is 19.1. The van der Waals surface area contributed by atoms with Gasteiger partial charge in [0.15, 0.2) is 0 Å². The molecule has 0 heterocycles. The van der Waals surface area contributed by atoms with Gasteiger partial charge in [-0.2, -0.15) is 0 Å². The number of ether oxygens (including phenoxy) is 1. The van der Waals surface area contributed by atoms with E-state index in [-0.39, 0.29) is 12.2 Å². The Kier molecular flexibility index (Phi) is 3.38. The molecule has 0 aliphatic heterocycles. The van der Waals surface area contributed by atoms with Gasteiger partial charge in [-0.1, -0.05) is 0 Å². The van der Waals surface area contributed by atoms with Crippen molar-refractivity contribution in [3.63, 3.8) is 0 Å². The smallest absolute Gasteiger partial charge is 0.338 e. The van der Waals surface area contributed by atoms with Crippen molar-refractivity contribution in [2.45, 2.75) is 6.92 Å². The summed E-state index contributed by atoms with van der Waals surface area (Å²) < 4.78 is 17.7. The van der Waals surface area contributed by atoms with Crippen LogP contribution in [-0.2, 0) is 4.74 Å². The van der Waals surface area contributed by atoms with Crippen molar-refractivity contribution in [1.29, 1.82) is 0 Å². The van der Waals surface area contributed by atoms with E-state index in [2.05, 4.69) is 4.74 Å². The maximum Gasteiger partial charge on any atom is 0.338 e. The predicted octanol–water partition coefficient (Wildman–Crippen LogP) is 1.70. The fraction of sp³-hybridized carbons (Fsp3) is 0.200. The molecule has 0 atom stereocenters. The van der Waals surface area contributed by atoms with Gasteiger partial charge in [0, 0.05) is 0 Å². The number of carboxylic acid groups (broad SMARTS) is 1. The predicted molar refractivity (Wildman–Crippen MR) is 49.3 cm³/mol. The van der Waals surface area contributed by atoms with Crippen LogP contribution < -0.4 is 0 Å². The van der Waals surface area contributed by atoms with E-state index in [1.54, 1.807) is 6.92 Å². The Morgan fingerprint density at radius 1 is 1.47 bits per heavy atom.